The molecule has 0 spiro atoms. The van der Waals surface area contributed by atoms with Gasteiger partial charge >= 0.3 is 0 Å². The van der Waals surface area contributed by atoms with Crippen LogP contribution in [0.15, 0.2) is 87.6 Å². The second-order valence-corrected chi connectivity index (χ2v) is 6.62. The Morgan fingerprint density at radius 1 is 0.963 bits per heavy atom. The van der Waals surface area contributed by atoms with Gasteiger partial charge in [-0.1, -0.05) is 46.3 Å². The van der Waals surface area contributed by atoms with Crippen molar-refractivity contribution in [3.05, 3.63) is 100 Å². The predicted octanol–water partition coefficient (Wildman–Crippen LogP) is 4.13. The highest BCUT2D eigenvalue weighted by atomic mass is 79.9. The summed E-state index contributed by atoms with van der Waals surface area (Å²) < 4.78 is 6.23. The van der Waals surface area contributed by atoms with Crippen LogP contribution in [0.1, 0.15) is 21.7 Å². The Morgan fingerprint density at radius 2 is 1.70 bits per heavy atom. The van der Waals surface area contributed by atoms with Crippen LogP contribution >= 0.6 is 15.9 Å². The maximum absolute atomic E-state index is 12.6. The fourth-order valence-electron chi connectivity index (χ4n) is 2.34. The van der Waals surface area contributed by atoms with E-state index in [1.165, 1.54) is 12.3 Å². The molecule has 3 rings (SSSR count). The fraction of sp³-hybridized carbons (Fsp3) is 0.0476. The number of hydrogen-bond donors (Lipinski definition) is 2. The minimum Gasteiger partial charge on any atom is -0.465 e. The molecule has 1 heterocycles. The molecule has 0 saturated heterocycles. The normalized spacial score (nSPS) is 11.1. The molecule has 1 aromatic heterocycles. The summed E-state index contributed by atoms with van der Waals surface area (Å²) >= 11 is 3.38. The first-order valence-corrected chi connectivity index (χ1v) is 9.05. The second-order valence-electron chi connectivity index (χ2n) is 5.70. The van der Waals surface area contributed by atoms with Crippen molar-refractivity contribution in [3.8, 4) is 0 Å². The van der Waals surface area contributed by atoms with E-state index >= 15 is 0 Å². The molecule has 27 heavy (non-hydrogen) atoms. The molecule has 0 bridgehead atoms. The summed E-state index contributed by atoms with van der Waals surface area (Å²) in [7, 11) is 0. The lowest BCUT2D eigenvalue weighted by molar-refractivity contribution is -0.117. The third-order valence-electron chi connectivity index (χ3n) is 3.72. The average Bonchev–Trinajstić information content (AvgIpc) is 3.20. The number of carbonyl (C=O) groups excluding carboxylic acids is 2. The topological polar surface area (TPSA) is 71.3 Å². The third-order valence-corrected chi connectivity index (χ3v) is 4.25. The highest BCUT2D eigenvalue weighted by Gasteiger charge is 2.15. The largest absolute Gasteiger partial charge is 0.465 e. The van der Waals surface area contributed by atoms with Gasteiger partial charge in [0.15, 0.2) is 0 Å². The molecule has 5 nitrogen and oxygen atoms in total. The molecule has 6 heteroatoms. The van der Waals surface area contributed by atoms with Crippen molar-refractivity contribution in [2.45, 2.75) is 6.54 Å². The fourth-order valence-corrected chi connectivity index (χ4v) is 2.60. The average molecular weight is 425 g/mol. The Bertz CT molecular complexity index is 933. The maximum Gasteiger partial charge on any atom is 0.268 e. The van der Waals surface area contributed by atoms with Crippen LogP contribution in [0.4, 0.5) is 0 Å². The summed E-state index contributed by atoms with van der Waals surface area (Å²) in [5.41, 5.74) is 1.51. The van der Waals surface area contributed by atoms with Crippen molar-refractivity contribution < 1.29 is 14.0 Å². The number of hydrogen-bond acceptors (Lipinski definition) is 3. The Labute approximate surface area is 165 Å². The van der Waals surface area contributed by atoms with Crippen LogP contribution in [-0.2, 0) is 11.3 Å². The number of amides is 2. The van der Waals surface area contributed by atoms with Gasteiger partial charge in [0.1, 0.15) is 11.5 Å². The van der Waals surface area contributed by atoms with Crippen molar-refractivity contribution in [2.24, 2.45) is 0 Å². The van der Waals surface area contributed by atoms with E-state index in [0.29, 0.717) is 17.9 Å². The Kier molecular flexibility index (Phi) is 6.22. The molecule has 3 aromatic rings. The molecular weight excluding hydrogens is 408 g/mol. The number of carbonyl (C=O) groups is 2. The predicted molar refractivity (Wildman–Crippen MR) is 107 cm³/mol. The first kappa shape index (κ1) is 18.7. The van der Waals surface area contributed by atoms with Gasteiger partial charge in [0.05, 0.1) is 6.26 Å². The Balaban J connectivity index is 1.74. The molecular formula is C21H17BrN2O3. The highest BCUT2D eigenvalue weighted by molar-refractivity contribution is 9.10. The van der Waals surface area contributed by atoms with Gasteiger partial charge in [0, 0.05) is 22.7 Å². The monoisotopic (exact) mass is 424 g/mol. The van der Waals surface area contributed by atoms with Crippen molar-refractivity contribution in [3.63, 3.8) is 0 Å². The number of nitrogens with one attached hydrogen (secondary N) is 2. The van der Waals surface area contributed by atoms with Gasteiger partial charge in [0.25, 0.3) is 11.8 Å². The van der Waals surface area contributed by atoms with E-state index < -0.39 is 5.91 Å². The first-order valence-electron chi connectivity index (χ1n) is 8.26. The summed E-state index contributed by atoms with van der Waals surface area (Å²) in [6.45, 7) is 0.336. The number of benzene rings is 2. The van der Waals surface area contributed by atoms with Crippen LogP contribution in [0.2, 0.25) is 0 Å². The summed E-state index contributed by atoms with van der Waals surface area (Å²) in [6, 6.07) is 19.7. The first-order chi connectivity index (χ1) is 13.1. The molecule has 0 radical (unpaired) electrons. The standard InChI is InChI=1S/C21H17BrN2O3/c22-17-10-8-15(9-11-17)14-23-21(26)19(13-18-7-4-12-27-18)24-20(25)16-5-2-1-3-6-16/h1-13H,14H2,(H,23,26)(H,24,25)/b19-13-. The number of furan rings is 1. The zero-order valence-corrected chi connectivity index (χ0v) is 15.9. The summed E-state index contributed by atoms with van der Waals surface area (Å²) in [4.78, 5) is 25.1. The van der Waals surface area contributed by atoms with E-state index in [2.05, 4.69) is 26.6 Å². The van der Waals surface area contributed by atoms with E-state index in [0.717, 1.165) is 10.0 Å². The molecule has 2 N–H and O–H groups in total. The van der Waals surface area contributed by atoms with Crippen molar-refractivity contribution in [2.75, 3.05) is 0 Å². The number of halogens is 1. The van der Waals surface area contributed by atoms with Gasteiger partial charge in [-0.3, -0.25) is 9.59 Å². The number of rotatable bonds is 6. The van der Waals surface area contributed by atoms with E-state index in [1.54, 1.807) is 36.4 Å². The minimum atomic E-state index is -0.404. The van der Waals surface area contributed by atoms with Gasteiger partial charge in [0.2, 0.25) is 0 Å². The molecule has 136 valence electrons. The van der Waals surface area contributed by atoms with Crippen molar-refractivity contribution in [1.29, 1.82) is 0 Å². The summed E-state index contributed by atoms with van der Waals surface area (Å²) in [5, 5.41) is 5.47. The molecule has 2 aromatic carbocycles. The van der Waals surface area contributed by atoms with Gasteiger partial charge in [-0.15, -0.1) is 0 Å². The zero-order chi connectivity index (χ0) is 19.1. The smallest absolute Gasteiger partial charge is 0.268 e. The van der Waals surface area contributed by atoms with Crippen LogP contribution in [0.25, 0.3) is 6.08 Å². The van der Waals surface area contributed by atoms with E-state index in [9.17, 15) is 9.59 Å². The molecule has 0 saturated carbocycles. The molecule has 0 aliphatic rings. The minimum absolute atomic E-state index is 0.107. The van der Waals surface area contributed by atoms with Gasteiger partial charge in [-0.25, -0.2) is 0 Å². The van der Waals surface area contributed by atoms with E-state index in [1.807, 2.05) is 30.3 Å². The maximum atomic E-state index is 12.6. The van der Waals surface area contributed by atoms with E-state index in [-0.39, 0.29) is 11.6 Å². The lowest BCUT2D eigenvalue weighted by atomic mass is 10.2. The SMILES string of the molecule is O=C(NCc1ccc(Br)cc1)/C(=C/c1ccco1)NC(=O)c1ccccc1. The van der Waals surface area contributed by atoms with Gasteiger partial charge in [-0.2, -0.15) is 0 Å². The van der Waals surface area contributed by atoms with Crippen molar-refractivity contribution >= 4 is 33.8 Å². The lowest BCUT2D eigenvalue weighted by Gasteiger charge is -2.11. The lowest BCUT2D eigenvalue weighted by Crippen LogP contribution is -2.34. The third kappa shape index (κ3) is 5.43. The highest BCUT2D eigenvalue weighted by Crippen LogP contribution is 2.11. The van der Waals surface area contributed by atoms with Crippen LogP contribution in [-0.4, -0.2) is 11.8 Å². The van der Waals surface area contributed by atoms with Gasteiger partial charge in [-0.05, 0) is 42.0 Å². The summed E-state index contributed by atoms with van der Waals surface area (Å²) in [5.74, 6) is -0.303. The molecule has 2 amide bonds. The summed E-state index contributed by atoms with van der Waals surface area (Å²) in [6.07, 6.45) is 3.00. The van der Waals surface area contributed by atoms with Crippen LogP contribution in [0.3, 0.4) is 0 Å². The molecule has 0 unspecified atom stereocenters. The second kappa shape index (κ2) is 9.00. The Morgan fingerprint density at radius 3 is 2.37 bits per heavy atom. The van der Waals surface area contributed by atoms with E-state index in [4.69, 9.17) is 4.42 Å². The van der Waals surface area contributed by atoms with Crippen LogP contribution in [0.5, 0.6) is 0 Å². The molecule has 0 atom stereocenters. The molecule has 0 aliphatic heterocycles. The molecule has 0 fully saturated rings. The van der Waals surface area contributed by atoms with Gasteiger partial charge < -0.3 is 15.1 Å². The van der Waals surface area contributed by atoms with Crippen molar-refractivity contribution in [1.82, 2.24) is 10.6 Å². The molecule has 0 aliphatic carbocycles. The zero-order valence-electron chi connectivity index (χ0n) is 14.3. The van der Waals surface area contributed by atoms with Crippen LogP contribution in [0, 0.1) is 0 Å². The Hall–Kier alpha value is -3.12. The van der Waals surface area contributed by atoms with Crippen LogP contribution < -0.4 is 10.6 Å². The quantitative estimate of drug-likeness (QED) is 0.584.